The fraction of sp³-hybridized carbons (Fsp3) is 0. The highest BCUT2D eigenvalue weighted by Gasteiger charge is 2.04. The summed E-state index contributed by atoms with van der Waals surface area (Å²) in [6.07, 6.45) is 0. The highest BCUT2D eigenvalue weighted by atomic mass is 79.9. The maximum Gasteiger partial charge on any atom is 0.0869 e. The lowest BCUT2D eigenvalue weighted by Crippen LogP contribution is -1.84. The molecule has 2 aromatic rings. The van der Waals surface area contributed by atoms with E-state index in [0.717, 1.165) is 25.2 Å². The number of hydrogen-bond donors (Lipinski definition) is 2. The summed E-state index contributed by atoms with van der Waals surface area (Å²) in [5.74, 6) is 0. The minimum atomic E-state index is 0.750. The Morgan fingerprint density at radius 1 is 1.25 bits per heavy atom. The molecular formula is C8H7BrN2S. The zero-order valence-corrected chi connectivity index (χ0v) is 8.58. The standard InChI is InChI=1S/C8H7BrN2S/c9-8-4-3-7(11)12-6(4)2-1-5(8)10/h1-3H,10-11H2. The van der Waals surface area contributed by atoms with Crippen molar-refractivity contribution in [1.82, 2.24) is 0 Å². The smallest absolute Gasteiger partial charge is 0.0869 e. The lowest BCUT2D eigenvalue weighted by molar-refractivity contribution is 1.73. The third-order valence-corrected chi connectivity index (χ3v) is 3.50. The second-order valence-corrected chi connectivity index (χ2v) is 4.44. The third-order valence-electron chi connectivity index (χ3n) is 1.68. The van der Waals surface area contributed by atoms with E-state index in [4.69, 9.17) is 11.5 Å². The molecule has 2 nitrogen and oxygen atoms in total. The number of hydrogen-bond acceptors (Lipinski definition) is 3. The second-order valence-electron chi connectivity index (χ2n) is 2.53. The van der Waals surface area contributed by atoms with E-state index in [1.807, 2.05) is 18.2 Å². The van der Waals surface area contributed by atoms with Crippen LogP contribution in [0.15, 0.2) is 22.7 Å². The van der Waals surface area contributed by atoms with Crippen LogP contribution < -0.4 is 11.5 Å². The lowest BCUT2D eigenvalue weighted by atomic mass is 10.2. The summed E-state index contributed by atoms with van der Waals surface area (Å²) >= 11 is 4.99. The molecule has 0 atom stereocenters. The van der Waals surface area contributed by atoms with Crippen molar-refractivity contribution in [3.05, 3.63) is 22.7 Å². The van der Waals surface area contributed by atoms with E-state index >= 15 is 0 Å². The van der Waals surface area contributed by atoms with Crippen LogP contribution in [0, 0.1) is 0 Å². The molecule has 0 aliphatic heterocycles. The Kier molecular flexibility index (Phi) is 1.73. The number of nitrogens with two attached hydrogens (primary N) is 2. The molecule has 12 heavy (non-hydrogen) atoms. The van der Waals surface area contributed by atoms with Crippen LogP contribution in [0.2, 0.25) is 0 Å². The van der Waals surface area contributed by atoms with Gasteiger partial charge in [0.15, 0.2) is 0 Å². The number of anilines is 2. The predicted octanol–water partition coefficient (Wildman–Crippen LogP) is 2.83. The van der Waals surface area contributed by atoms with Crippen molar-refractivity contribution >= 4 is 48.0 Å². The van der Waals surface area contributed by atoms with E-state index in [-0.39, 0.29) is 0 Å². The van der Waals surface area contributed by atoms with E-state index < -0.39 is 0 Å². The molecule has 0 unspecified atom stereocenters. The molecule has 0 fully saturated rings. The van der Waals surface area contributed by atoms with Crippen molar-refractivity contribution in [2.45, 2.75) is 0 Å². The van der Waals surface area contributed by atoms with Gasteiger partial charge in [-0.3, -0.25) is 0 Å². The highest BCUT2D eigenvalue weighted by Crippen LogP contribution is 2.35. The molecule has 1 heterocycles. The van der Waals surface area contributed by atoms with Crippen LogP contribution in [-0.4, -0.2) is 0 Å². The van der Waals surface area contributed by atoms with Gasteiger partial charge in [-0.25, -0.2) is 0 Å². The topological polar surface area (TPSA) is 52.0 Å². The molecule has 0 spiro atoms. The van der Waals surface area contributed by atoms with Gasteiger partial charge in [-0.15, -0.1) is 11.3 Å². The molecule has 0 aliphatic rings. The minimum Gasteiger partial charge on any atom is -0.398 e. The molecule has 1 aromatic heterocycles. The summed E-state index contributed by atoms with van der Waals surface area (Å²) in [6.45, 7) is 0. The van der Waals surface area contributed by atoms with Crippen LogP contribution in [0.3, 0.4) is 0 Å². The van der Waals surface area contributed by atoms with Gasteiger partial charge in [-0.2, -0.15) is 0 Å². The molecule has 0 bridgehead atoms. The van der Waals surface area contributed by atoms with Crippen molar-refractivity contribution in [2.75, 3.05) is 11.5 Å². The Labute approximate surface area is 82.3 Å². The Hall–Kier alpha value is -0.740. The SMILES string of the molecule is Nc1cc2c(Br)c(N)ccc2s1. The average Bonchev–Trinajstić information content (AvgIpc) is 2.39. The van der Waals surface area contributed by atoms with Crippen LogP contribution in [-0.2, 0) is 0 Å². The van der Waals surface area contributed by atoms with E-state index in [1.54, 1.807) is 11.3 Å². The van der Waals surface area contributed by atoms with E-state index in [9.17, 15) is 0 Å². The van der Waals surface area contributed by atoms with Gasteiger partial charge in [0, 0.05) is 20.2 Å². The first kappa shape index (κ1) is 7.89. The van der Waals surface area contributed by atoms with Gasteiger partial charge in [0.2, 0.25) is 0 Å². The zero-order valence-electron chi connectivity index (χ0n) is 6.17. The van der Waals surface area contributed by atoms with Crippen molar-refractivity contribution in [2.24, 2.45) is 0 Å². The Balaban J connectivity index is 2.89. The molecule has 0 aliphatic carbocycles. The van der Waals surface area contributed by atoms with Gasteiger partial charge in [-0.1, -0.05) is 0 Å². The van der Waals surface area contributed by atoms with Crippen LogP contribution in [0.4, 0.5) is 10.7 Å². The van der Waals surface area contributed by atoms with Gasteiger partial charge in [0.05, 0.1) is 5.00 Å². The van der Waals surface area contributed by atoms with Gasteiger partial charge in [0.1, 0.15) is 0 Å². The molecule has 4 heteroatoms. The summed E-state index contributed by atoms with van der Waals surface area (Å²) in [6, 6.07) is 5.79. The van der Waals surface area contributed by atoms with Crippen molar-refractivity contribution in [3.63, 3.8) is 0 Å². The third kappa shape index (κ3) is 1.07. The monoisotopic (exact) mass is 242 g/mol. The normalized spacial score (nSPS) is 10.8. The fourth-order valence-corrected chi connectivity index (χ4v) is 2.54. The summed E-state index contributed by atoms with van der Waals surface area (Å²) < 4.78 is 2.10. The Morgan fingerprint density at radius 3 is 2.75 bits per heavy atom. The average molecular weight is 243 g/mol. The van der Waals surface area contributed by atoms with Gasteiger partial charge in [-0.05, 0) is 34.1 Å². The lowest BCUT2D eigenvalue weighted by Gasteiger charge is -1.97. The van der Waals surface area contributed by atoms with Crippen LogP contribution in [0.25, 0.3) is 10.1 Å². The summed E-state index contributed by atoms with van der Waals surface area (Å²) in [7, 11) is 0. The largest absolute Gasteiger partial charge is 0.398 e. The molecule has 2 rings (SSSR count). The number of nitrogen functional groups attached to an aromatic ring is 2. The fourth-order valence-electron chi connectivity index (χ4n) is 1.11. The molecule has 1 aromatic carbocycles. The highest BCUT2D eigenvalue weighted by molar-refractivity contribution is 9.10. The number of fused-ring (bicyclic) bond motifs is 1. The van der Waals surface area contributed by atoms with Crippen LogP contribution in [0.5, 0.6) is 0 Å². The quantitative estimate of drug-likeness (QED) is 0.699. The summed E-state index contributed by atoms with van der Waals surface area (Å²) in [4.78, 5) is 0. The van der Waals surface area contributed by atoms with Crippen molar-refractivity contribution in [1.29, 1.82) is 0 Å². The molecule has 0 radical (unpaired) electrons. The van der Waals surface area contributed by atoms with Gasteiger partial charge < -0.3 is 11.5 Å². The van der Waals surface area contributed by atoms with E-state index in [2.05, 4.69) is 15.9 Å². The molecule has 0 saturated heterocycles. The predicted molar refractivity (Wildman–Crippen MR) is 58.3 cm³/mol. The number of halogens is 1. The van der Waals surface area contributed by atoms with E-state index in [0.29, 0.717) is 0 Å². The molecule has 4 N–H and O–H groups in total. The van der Waals surface area contributed by atoms with E-state index in [1.165, 1.54) is 0 Å². The minimum absolute atomic E-state index is 0.750. The van der Waals surface area contributed by atoms with Crippen LogP contribution >= 0.6 is 27.3 Å². The first-order chi connectivity index (χ1) is 5.68. The summed E-state index contributed by atoms with van der Waals surface area (Å²) in [5, 5.41) is 1.91. The second kappa shape index (κ2) is 2.64. The van der Waals surface area contributed by atoms with Gasteiger partial charge >= 0.3 is 0 Å². The number of benzene rings is 1. The first-order valence-corrected chi connectivity index (χ1v) is 5.02. The molecule has 0 saturated carbocycles. The maximum atomic E-state index is 5.71. The Morgan fingerprint density at radius 2 is 2.00 bits per heavy atom. The van der Waals surface area contributed by atoms with Crippen molar-refractivity contribution in [3.8, 4) is 0 Å². The molecule has 0 amide bonds. The van der Waals surface area contributed by atoms with Crippen molar-refractivity contribution < 1.29 is 0 Å². The maximum absolute atomic E-state index is 5.71. The summed E-state index contributed by atoms with van der Waals surface area (Å²) in [5.41, 5.74) is 12.1. The van der Waals surface area contributed by atoms with Crippen LogP contribution in [0.1, 0.15) is 0 Å². The number of rotatable bonds is 0. The zero-order chi connectivity index (χ0) is 8.72. The molecule has 62 valence electrons. The molecular weight excluding hydrogens is 236 g/mol. The Bertz CT molecular complexity index is 436. The first-order valence-electron chi connectivity index (χ1n) is 3.41. The van der Waals surface area contributed by atoms with Gasteiger partial charge in [0.25, 0.3) is 0 Å². The number of thiophene rings is 1.